The molecule has 9 unspecified atom stereocenters. The Bertz CT molecular complexity index is 3280. The van der Waals surface area contributed by atoms with Gasteiger partial charge in [-0.2, -0.15) is 51.6 Å². The predicted molar refractivity (Wildman–Crippen MR) is 327 cm³/mol. The molecule has 91 heavy (non-hydrogen) atoms. The van der Waals surface area contributed by atoms with E-state index in [1.54, 1.807) is 38.2 Å². The number of thiol groups is 2. The molecule has 5 rings (SSSR count). The van der Waals surface area contributed by atoms with Gasteiger partial charge in [-0.1, -0.05) is 86.6 Å². The van der Waals surface area contributed by atoms with Crippen LogP contribution in [0.1, 0.15) is 56.7 Å². The average molecular weight is 1330 g/mol. The molecule has 0 aliphatic heterocycles. The molecule has 1 heterocycles. The van der Waals surface area contributed by atoms with Crippen LogP contribution >= 0.6 is 25.3 Å². The molecule has 33 heteroatoms. The number of benzene rings is 4. The maximum atomic E-state index is 14.8. The first-order valence-corrected chi connectivity index (χ1v) is 29.1. The normalized spacial score (nSPS) is 14.3. The summed E-state index contributed by atoms with van der Waals surface area (Å²) in [6.07, 6.45) is -9.05. The van der Waals surface area contributed by atoms with Crippen molar-refractivity contribution in [1.82, 2.24) is 42.2 Å². The molecule has 0 saturated carbocycles. The molecular formula is C58H73F6N11O14S2. The van der Waals surface area contributed by atoms with Gasteiger partial charge in [0.1, 0.15) is 48.0 Å². The molecule has 5 aromatic rings. The van der Waals surface area contributed by atoms with E-state index < -0.39 is 132 Å². The number of carbonyl (C=O) groups is 10. The number of aliphatic hydroxyl groups is 1. The van der Waals surface area contributed by atoms with Crippen LogP contribution in [0.15, 0.2) is 97.2 Å². The number of unbranched alkanes of at least 4 members (excludes halogenated alkanes) is 1. The standard InChI is InChI=1S/C54H71N11O10S2.2C2HF3O2/c1-29(2)45(54(75)63-44(28-77)53(74)65-46(30(3)66)47(57)68)64-49(70)40(14-8-9-21-55)59-51(72)42(25-35-26-58-39-13-7-6-12-37(35)39)61-50(71)41(24-31-16-19-36(67)20-17-31)60-52(73)43(27-76)62-48(69)38(56)23-32-15-18-33-10-4-5-11-34(33)22-32;2*3-2(4,5)1(6)7/h4-7,10-13,15-20,22,26,29-30,38,40-46,58,66-67,76-77H,8-9,14,21,23-25,27-28,55-56H2,1-3H3,(H2,57,68)(H,59,72)(H,60,73)(H,61,71)(H,62,69)(H,63,75)(H,64,70)(H,65,74);2*(H,6,7). The first-order chi connectivity index (χ1) is 42.6. The Hall–Kier alpha value is -8.66. The highest BCUT2D eigenvalue weighted by molar-refractivity contribution is 7.80. The summed E-state index contributed by atoms with van der Waals surface area (Å²) in [6, 6.07) is 16.2. The van der Waals surface area contributed by atoms with Gasteiger partial charge >= 0.3 is 24.3 Å². The summed E-state index contributed by atoms with van der Waals surface area (Å²) < 4.78 is 63.5. The number of nitrogens with one attached hydrogen (secondary N) is 8. The summed E-state index contributed by atoms with van der Waals surface area (Å²) in [4.78, 5) is 131. The number of aliphatic carboxylic acids is 2. The predicted octanol–water partition coefficient (Wildman–Crippen LogP) is 1.55. The third kappa shape index (κ3) is 25.3. The molecule has 0 aliphatic rings. The number of aromatic hydroxyl groups is 1. The van der Waals surface area contributed by atoms with Crippen molar-refractivity contribution in [3.8, 4) is 5.75 Å². The van der Waals surface area contributed by atoms with Crippen LogP contribution in [0.25, 0.3) is 21.7 Å². The second-order valence-electron chi connectivity index (χ2n) is 20.8. The summed E-state index contributed by atoms with van der Waals surface area (Å²) in [7, 11) is 0. The van der Waals surface area contributed by atoms with Crippen molar-refractivity contribution in [3.63, 3.8) is 0 Å². The number of carbonyl (C=O) groups excluding carboxylic acids is 8. The lowest BCUT2D eigenvalue weighted by atomic mass is 10.00. The molecule has 9 atom stereocenters. The summed E-state index contributed by atoms with van der Waals surface area (Å²) in [5, 5.41) is 55.5. The number of nitrogens with two attached hydrogens (primary N) is 3. The third-order valence-corrected chi connectivity index (χ3v) is 14.1. The summed E-state index contributed by atoms with van der Waals surface area (Å²) in [6.45, 7) is 4.81. The van der Waals surface area contributed by atoms with Crippen molar-refractivity contribution >= 4 is 106 Å². The van der Waals surface area contributed by atoms with Crippen LogP contribution in [0.3, 0.4) is 0 Å². The highest BCUT2D eigenvalue weighted by Gasteiger charge is 2.40. The lowest BCUT2D eigenvalue weighted by molar-refractivity contribution is -0.193. The Kier molecular flexibility index (Phi) is 30.5. The van der Waals surface area contributed by atoms with Crippen LogP contribution < -0.4 is 54.4 Å². The smallest absolute Gasteiger partial charge is 0.490 e. The average Bonchev–Trinajstić information content (AvgIpc) is 1.84. The van der Waals surface area contributed by atoms with E-state index in [0.29, 0.717) is 24.0 Å². The van der Waals surface area contributed by atoms with E-state index in [-0.39, 0.29) is 49.5 Å². The van der Waals surface area contributed by atoms with Crippen LogP contribution in [0.5, 0.6) is 5.75 Å². The van der Waals surface area contributed by atoms with Gasteiger partial charge < -0.3 is 79.8 Å². The van der Waals surface area contributed by atoms with Gasteiger partial charge in [-0.3, -0.25) is 38.4 Å². The van der Waals surface area contributed by atoms with E-state index in [0.717, 1.165) is 27.2 Å². The van der Waals surface area contributed by atoms with Crippen molar-refractivity contribution in [2.45, 2.75) is 126 Å². The van der Waals surface area contributed by atoms with E-state index >= 15 is 0 Å². The van der Waals surface area contributed by atoms with Gasteiger partial charge in [0, 0.05) is 41.4 Å². The summed E-state index contributed by atoms with van der Waals surface area (Å²) in [5.74, 6) is -13.0. The molecule has 0 bridgehead atoms. The van der Waals surface area contributed by atoms with Gasteiger partial charge in [0.05, 0.1) is 12.1 Å². The molecule has 0 spiro atoms. The molecule has 498 valence electrons. The number of aliphatic hydroxyl groups excluding tert-OH is 1. The third-order valence-electron chi connectivity index (χ3n) is 13.4. The number of amides is 8. The number of hydrogen-bond donors (Lipinski definition) is 17. The molecule has 0 radical (unpaired) electrons. The van der Waals surface area contributed by atoms with Gasteiger partial charge in [0.15, 0.2) is 0 Å². The number of phenols is 1. The molecule has 0 aliphatic carbocycles. The fourth-order valence-corrected chi connectivity index (χ4v) is 9.01. The number of primary amides is 1. The van der Waals surface area contributed by atoms with Crippen molar-refractivity contribution in [1.29, 1.82) is 0 Å². The second kappa shape index (κ2) is 36.3. The van der Waals surface area contributed by atoms with Crippen LogP contribution in [0, 0.1) is 5.92 Å². The number of carboxylic acid groups (broad SMARTS) is 2. The molecule has 8 amide bonds. The minimum Gasteiger partial charge on any atom is -0.508 e. The topological polar surface area (TPSA) is 430 Å². The number of halogens is 6. The largest absolute Gasteiger partial charge is 0.508 e. The number of phenolic OH excluding ortho intramolecular Hbond substituents is 1. The van der Waals surface area contributed by atoms with Gasteiger partial charge in [0.25, 0.3) is 0 Å². The van der Waals surface area contributed by atoms with Crippen molar-refractivity contribution < 1.29 is 94.7 Å². The van der Waals surface area contributed by atoms with Gasteiger partial charge in [0.2, 0.25) is 47.3 Å². The quantitative estimate of drug-likeness (QED) is 0.0183. The number of H-pyrrole nitrogens is 1. The van der Waals surface area contributed by atoms with Crippen molar-refractivity contribution in [2.75, 3.05) is 18.1 Å². The molecule has 4 aromatic carbocycles. The number of rotatable bonds is 29. The highest BCUT2D eigenvalue weighted by atomic mass is 32.1. The number of alkyl halides is 6. The molecule has 25 nitrogen and oxygen atoms in total. The number of aromatic nitrogens is 1. The molecule has 0 saturated heterocycles. The fourth-order valence-electron chi connectivity index (χ4n) is 8.50. The maximum absolute atomic E-state index is 14.8. The van der Waals surface area contributed by atoms with Crippen LogP contribution in [0.4, 0.5) is 26.3 Å². The van der Waals surface area contributed by atoms with E-state index in [9.17, 15) is 74.9 Å². The van der Waals surface area contributed by atoms with Crippen molar-refractivity contribution in [3.05, 3.63) is 114 Å². The molecular weight excluding hydrogens is 1250 g/mol. The fraction of sp³-hybridized carbons (Fsp3) is 0.414. The number of fused-ring (bicyclic) bond motifs is 2. The number of para-hydroxylation sites is 1. The first-order valence-electron chi connectivity index (χ1n) is 27.8. The summed E-state index contributed by atoms with van der Waals surface area (Å²) >= 11 is 8.54. The number of carboxylic acids is 2. The first kappa shape index (κ1) is 76.6. The lowest BCUT2D eigenvalue weighted by Crippen LogP contribution is -2.62. The Balaban J connectivity index is 0.00000138. The monoisotopic (exact) mass is 1330 g/mol. The Labute approximate surface area is 528 Å². The molecule has 1 aromatic heterocycles. The minimum atomic E-state index is -5.08. The van der Waals surface area contributed by atoms with Crippen LogP contribution in [-0.2, 0) is 67.2 Å². The highest BCUT2D eigenvalue weighted by Crippen LogP contribution is 2.22. The van der Waals surface area contributed by atoms with E-state index in [1.807, 2.05) is 60.7 Å². The Morgan fingerprint density at radius 1 is 0.549 bits per heavy atom. The molecule has 18 N–H and O–H groups in total. The second-order valence-corrected chi connectivity index (χ2v) is 21.6. The SMILES string of the molecule is CC(C)C(NC(=O)C(CCCCN)NC(=O)C(Cc1c[nH]c2ccccc12)NC(=O)C(Cc1ccc(O)cc1)NC(=O)C(CS)NC(=O)C(N)Cc1ccc2ccccc2c1)C(=O)NC(CS)C(=O)NC(C(N)=O)C(C)O.O=C(O)C(F)(F)F.O=C(O)C(F)(F)F. The maximum Gasteiger partial charge on any atom is 0.490 e. The van der Waals surface area contributed by atoms with Crippen molar-refractivity contribution in [2.24, 2.45) is 23.1 Å². The van der Waals surface area contributed by atoms with Crippen LogP contribution in [-0.4, -0.2) is 169 Å². The summed E-state index contributed by atoms with van der Waals surface area (Å²) in [5.41, 5.74) is 20.2. The Morgan fingerprint density at radius 2 is 1.00 bits per heavy atom. The van der Waals surface area contributed by atoms with Gasteiger partial charge in [-0.15, -0.1) is 0 Å². The van der Waals surface area contributed by atoms with E-state index in [4.69, 9.17) is 37.0 Å². The van der Waals surface area contributed by atoms with Gasteiger partial charge in [-0.25, -0.2) is 9.59 Å². The van der Waals surface area contributed by atoms with E-state index in [1.165, 1.54) is 19.1 Å². The zero-order valence-electron chi connectivity index (χ0n) is 49.1. The lowest BCUT2D eigenvalue weighted by Gasteiger charge is -2.29. The zero-order valence-corrected chi connectivity index (χ0v) is 50.9. The number of aromatic amines is 1. The van der Waals surface area contributed by atoms with E-state index in [2.05, 4.69) is 67.5 Å². The minimum absolute atomic E-state index is 0.0459. The van der Waals surface area contributed by atoms with Crippen LogP contribution in [0.2, 0.25) is 0 Å². The zero-order chi connectivity index (χ0) is 68.5. The Morgan fingerprint density at radius 3 is 1.52 bits per heavy atom. The molecule has 0 fully saturated rings. The van der Waals surface area contributed by atoms with Gasteiger partial charge in [-0.05, 0) is 90.7 Å². The number of hydrogen-bond acceptors (Lipinski definition) is 16.